The molecule has 1 aromatic rings. The molecule has 1 aliphatic rings. The van der Waals surface area contributed by atoms with Crippen molar-refractivity contribution in [3.63, 3.8) is 0 Å². The van der Waals surface area contributed by atoms with E-state index in [4.69, 9.17) is 0 Å². The van der Waals surface area contributed by atoms with Crippen molar-refractivity contribution >= 4 is 6.03 Å². The van der Waals surface area contributed by atoms with Gasteiger partial charge < -0.3 is 10.6 Å². The third-order valence-electron chi connectivity index (χ3n) is 3.43. The Hall–Kier alpha value is -1.58. The van der Waals surface area contributed by atoms with E-state index in [2.05, 4.69) is 15.6 Å². The minimum absolute atomic E-state index is 0.0915. The van der Waals surface area contributed by atoms with Crippen molar-refractivity contribution in [3.8, 4) is 0 Å². The van der Waals surface area contributed by atoms with E-state index in [9.17, 15) is 4.79 Å². The van der Waals surface area contributed by atoms with Crippen LogP contribution in [0.5, 0.6) is 0 Å². The number of nitrogens with zero attached hydrogens (tertiary/aromatic N) is 1. The van der Waals surface area contributed by atoms with Gasteiger partial charge in [-0.3, -0.25) is 4.98 Å². The van der Waals surface area contributed by atoms with E-state index in [0.717, 1.165) is 12.2 Å². The molecule has 18 heavy (non-hydrogen) atoms. The van der Waals surface area contributed by atoms with Crippen molar-refractivity contribution < 1.29 is 4.79 Å². The molecule has 0 radical (unpaired) electrons. The molecule has 1 aromatic heterocycles. The average Bonchev–Trinajstić information content (AvgIpc) is 2.45. The zero-order chi connectivity index (χ0) is 12.6. The first-order chi connectivity index (χ1) is 8.84. The highest BCUT2D eigenvalue weighted by Crippen LogP contribution is 2.22. The zero-order valence-corrected chi connectivity index (χ0v) is 10.7. The summed E-state index contributed by atoms with van der Waals surface area (Å²) in [6.07, 6.45) is 8.20. The lowest BCUT2D eigenvalue weighted by molar-refractivity contribution is 0.235. The number of urea groups is 1. The van der Waals surface area contributed by atoms with Gasteiger partial charge in [-0.2, -0.15) is 0 Å². The molecule has 0 spiro atoms. The number of hydrogen-bond donors (Lipinski definition) is 2. The maximum atomic E-state index is 11.6. The molecule has 2 N–H and O–H groups in total. The van der Waals surface area contributed by atoms with Crippen LogP contribution in [0.1, 0.15) is 37.8 Å². The lowest BCUT2D eigenvalue weighted by Gasteiger charge is -2.21. The number of rotatable bonds is 4. The summed E-state index contributed by atoms with van der Waals surface area (Å²) >= 11 is 0. The smallest absolute Gasteiger partial charge is 0.315 e. The van der Waals surface area contributed by atoms with E-state index in [1.807, 2.05) is 18.2 Å². The van der Waals surface area contributed by atoms with Gasteiger partial charge in [0.15, 0.2) is 0 Å². The first-order valence-electron chi connectivity index (χ1n) is 6.76. The molecule has 0 unspecified atom stereocenters. The van der Waals surface area contributed by atoms with Gasteiger partial charge in [-0.1, -0.05) is 25.3 Å². The summed E-state index contributed by atoms with van der Waals surface area (Å²) in [6, 6.07) is 5.60. The monoisotopic (exact) mass is 247 g/mol. The Labute approximate surface area is 108 Å². The highest BCUT2D eigenvalue weighted by atomic mass is 16.2. The molecule has 2 amide bonds. The standard InChI is InChI=1S/C14H21N3O/c18-14(16-10-12-6-2-1-3-7-12)17-11-13-8-4-5-9-15-13/h4-5,8-9,12H,1-3,6-7,10-11H2,(H2,16,17,18). The molecular weight excluding hydrogens is 226 g/mol. The Morgan fingerprint density at radius 3 is 2.78 bits per heavy atom. The van der Waals surface area contributed by atoms with Crippen molar-refractivity contribution in [2.45, 2.75) is 38.6 Å². The fourth-order valence-electron chi connectivity index (χ4n) is 2.36. The normalized spacial score (nSPS) is 16.2. The predicted molar refractivity (Wildman–Crippen MR) is 71.1 cm³/mol. The van der Waals surface area contributed by atoms with E-state index in [1.165, 1.54) is 32.1 Å². The Balaban J connectivity index is 1.63. The van der Waals surface area contributed by atoms with E-state index in [1.54, 1.807) is 6.20 Å². The summed E-state index contributed by atoms with van der Waals surface area (Å²) in [6.45, 7) is 1.28. The van der Waals surface area contributed by atoms with Gasteiger partial charge in [-0.25, -0.2) is 4.79 Å². The van der Waals surface area contributed by atoms with Crippen molar-refractivity contribution in [2.75, 3.05) is 6.54 Å². The molecule has 0 saturated heterocycles. The van der Waals surface area contributed by atoms with Gasteiger partial charge in [-0.05, 0) is 30.9 Å². The fraction of sp³-hybridized carbons (Fsp3) is 0.571. The summed E-state index contributed by atoms with van der Waals surface area (Å²) in [7, 11) is 0. The maximum absolute atomic E-state index is 11.6. The van der Waals surface area contributed by atoms with Crippen molar-refractivity contribution in [2.24, 2.45) is 5.92 Å². The van der Waals surface area contributed by atoms with Crippen LogP contribution >= 0.6 is 0 Å². The first kappa shape index (κ1) is 12.9. The van der Waals surface area contributed by atoms with Crippen LogP contribution in [0, 0.1) is 5.92 Å². The highest BCUT2D eigenvalue weighted by Gasteiger charge is 2.13. The molecule has 4 heteroatoms. The van der Waals surface area contributed by atoms with Crippen LogP contribution in [-0.4, -0.2) is 17.6 Å². The second-order valence-electron chi connectivity index (χ2n) is 4.89. The molecule has 2 rings (SSSR count). The minimum Gasteiger partial charge on any atom is -0.338 e. The summed E-state index contributed by atoms with van der Waals surface area (Å²) in [5.74, 6) is 0.666. The molecule has 1 saturated carbocycles. The highest BCUT2D eigenvalue weighted by molar-refractivity contribution is 5.73. The molecule has 0 atom stereocenters. The second-order valence-corrected chi connectivity index (χ2v) is 4.89. The molecule has 1 heterocycles. The topological polar surface area (TPSA) is 54.0 Å². The molecule has 98 valence electrons. The number of carbonyl (C=O) groups excluding carboxylic acids is 1. The van der Waals surface area contributed by atoms with E-state index in [0.29, 0.717) is 12.5 Å². The molecule has 1 aliphatic carbocycles. The van der Waals surface area contributed by atoms with Crippen LogP contribution in [0.25, 0.3) is 0 Å². The van der Waals surface area contributed by atoms with Crippen LogP contribution in [0.3, 0.4) is 0 Å². The van der Waals surface area contributed by atoms with Crippen molar-refractivity contribution in [1.82, 2.24) is 15.6 Å². The van der Waals surface area contributed by atoms with Gasteiger partial charge in [-0.15, -0.1) is 0 Å². The maximum Gasteiger partial charge on any atom is 0.315 e. The van der Waals surface area contributed by atoms with Gasteiger partial charge >= 0.3 is 6.03 Å². The van der Waals surface area contributed by atoms with Crippen LogP contribution in [-0.2, 0) is 6.54 Å². The number of carbonyl (C=O) groups is 1. The first-order valence-corrected chi connectivity index (χ1v) is 6.76. The Bertz CT molecular complexity index is 361. The molecule has 0 aromatic carbocycles. The van der Waals surface area contributed by atoms with Crippen LogP contribution < -0.4 is 10.6 Å². The molecular formula is C14H21N3O. The Kier molecular flexibility index (Phi) is 5.00. The molecule has 0 bridgehead atoms. The summed E-state index contributed by atoms with van der Waals surface area (Å²) in [5.41, 5.74) is 0.880. The van der Waals surface area contributed by atoms with Gasteiger partial charge in [0.05, 0.1) is 12.2 Å². The number of nitrogens with one attached hydrogen (secondary N) is 2. The van der Waals surface area contributed by atoms with Crippen LogP contribution in [0.2, 0.25) is 0 Å². The van der Waals surface area contributed by atoms with Crippen molar-refractivity contribution in [3.05, 3.63) is 30.1 Å². The predicted octanol–water partition coefficient (Wildman–Crippen LogP) is 2.46. The van der Waals surface area contributed by atoms with Gasteiger partial charge in [0.25, 0.3) is 0 Å². The number of amides is 2. The lowest BCUT2D eigenvalue weighted by atomic mass is 9.89. The van der Waals surface area contributed by atoms with Gasteiger partial charge in [0.1, 0.15) is 0 Å². The van der Waals surface area contributed by atoms with Crippen molar-refractivity contribution in [1.29, 1.82) is 0 Å². The largest absolute Gasteiger partial charge is 0.338 e. The molecule has 1 fully saturated rings. The lowest BCUT2D eigenvalue weighted by Crippen LogP contribution is -2.38. The fourth-order valence-corrected chi connectivity index (χ4v) is 2.36. The van der Waals surface area contributed by atoms with Crippen LogP contribution in [0.4, 0.5) is 4.79 Å². The third-order valence-corrected chi connectivity index (χ3v) is 3.43. The van der Waals surface area contributed by atoms with E-state index in [-0.39, 0.29) is 6.03 Å². The van der Waals surface area contributed by atoms with Gasteiger partial charge in [0.2, 0.25) is 0 Å². The number of pyridine rings is 1. The van der Waals surface area contributed by atoms with Crippen LogP contribution in [0.15, 0.2) is 24.4 Å². The Morgan fingerprint density at radius 1 is 1.22 bits per heavy atom. The SMILES string of the molecule is O=C(NCc1ccccn1)NCC1CCCCC1. The zero-order valence-electron chi connectivity index (χ0n) is 10.7. The van der Waals surface area contributed by atoms with Gasteiger partial charge in [0, 0.05) is 12.7 Å². The summed E-state index contributed by atoms with van der Waals surface area (Å²) < 4.78 is 0. The van der Waals surface area contributed by atoms with E-state index < -0.39 is 0 Å². The number of hydrogen-bond acceptors (Lipinski definition) is 2. The molecule has 4 nitrogen and oxygen atoms in total. The quantitative estimate of drug-likeness (QED) is 0.858. The minimum atomic E-state index is -0.0915. The second kappa shape index (κ2) is 6.99. The average molecular weight is 247 g/mol. The molecule has 0 aliphatic heterocycles. The Morgan fingerprint density at radius 2 is 2.06 bits per heavy atom. The summed E-state index contributed by atoms with van der Waals surface area (Å²) in [5, 5.41) is 5.77. The third kappa shape index (κ3) is 4.35. The summed E-state index contributed by atoms with van der Waals surface area (Å²) in [4.78, 5) is 15.8. The number of aromatic nitrogens is 1. The van der Waals surface area contributed by atoms with E-state index >= 15 is 0 Å².